The van der Waals surface area contributed by atoms with Gasteiger partial charge in [0.1, 0.15) is 23.3 Å². The Balaban J connectivity index is 1.01. The zero-order valence-corrected chi connectivity index (χ0v) is 38.0. The minimum atomic E-state index is -0.803. The van der Waals surface area contributed by atoms with Gasteiger partial charge in [0.05, 0.1) is 0 Å². The number of hydrogen-bond acceptors (Lipinski definition) is 10. The van der Waals surface area contributed by atoms with Crippen LogP contribution in [0.15, 0.2) is 60.7 Å². The van der Waals surface area contributed by atoms with E-state index in [2.05, 4.69) is 12.1 Å². The van der Waals surface area contributed by atoms with Gasteiger partial charge in [-0.1, -0.05) is 87.4 Å². The second kappa shape index (κ2) is 17.9. The first-order chi connectivity index (χ1) is 29.7. The zero-order chi connectivity index (χ0) is 45.4. The highest BCUT2D eigenvalue weighted by Gasteiger charge is 2.44. The number of esters is 2. The molecular formula is C51H62N2O10. The Kier molecular flexibility index (Phi) is 12.9. The minimum Gasteiger partial charge on any atom is -0.456 e. The van der Waals surface area contributed by atoms with E-state index in [-0.39, 0.29) is 28.8 Å². The van der Waals surface area contributed by atoms with Crippen LogP contribution in [0.1, 0.15) is 126 Å². The number of ether oxygens (including phenoxy) is 4. The van der Waals surface area contributed by atoms with Crippen molar-refractivity contribution in [2.45, 2.75) is 130 Å². The molecule has 3 aromatic rings. The number of fused-ring (bicyclic) bond motifs is 1. The molecule has 0 bridgehead atoms. The average molecular weight is 863 g/mol. The number of nitrogens with zero attached hydrogens (tertiary/aromatic N) is 2. The number of hydrogen-bond donors (Lipinski definition) is 0. The smallest absolute Gasteiger partial charge is 0.411 e. The second-order valence-electron chi connectivity index (χ2n) is 20.4. The van der Waals surface area contributed by atoms with Crippen molar-refractivity contribution in [1.82, 2.24) is 9.80 Å². The van der Waals surface area contributed by atoms with Crippen molar-refractivity contribution < 1.29 is 47.7 Å². The first-order valence-electron chi connectivity index (χ1n) is 22.4. The maximum absolute atomic E-state index is 13.3. The van der Waals surface area contributed by atoms with E-state index in [1.165, 1.54) is 46.6 Å². The second-order valence-corrected chi connectivity index (χ2v) is 20.4. The van der Waals surface area contributed by atoms with Gasteiger partial charge in [0.2, 0.25) is 0 Å². The number of Topliss-reactive ketones (excluding diaryl/α,β-unsaturated/α-hetero) is 2. The molecule has 2 amide bonds. The molecule has 4 atom stereocenters. The summed E-state index contributed by atoms with van der Waals surface area (Å²) in [5, 5.41) is 0. The molecule has 2 aliphatic heterocycles. The lowest BCUT2D eigenvalue weighted by molar-refractivity contribution is -0.148. The van der Waals surface area contributed by atoms with Crippen LogP contribution in [0.4, 0.5) is 9.59 Å². The molecule has 12 heteroatoms. The van der Waals surface area contributed by atoms with E-state index in [0.717, 1.165) is 35.1 Å². The lowest BCUT2D eigenvalue weighted by Crippen LogP contribution is -2.44. The molecule has 3 aromatic carbocycles. The molecule has 336 valence electrons. The van der Waals surface area contributed by atoms with Gasteiger partial charge in [0.25, 0.3) is 0 Å². The SMILES string of the molecule is C[C@H]1CC(C(=O)OCC(=O)c2ccc(-c3ccc(-c4ccc(C(=O)COC(=O)[C@@H]5C[C@H](C)CN5C(=O)OC(C)(C)C)cc4)c4c3CC3(CCCC3)C4)cc2)N(C(=O)OC(C)(C)C)C1. The molecule has 12 nitrogen and oxygen atoms in total. The van der Waals surface area contributed by atoms with Gasteiger partial charge < -0.3 is 18.9 Å². The zero-order valence-electron chi connectivity index (χ0n) is 38.0. The van der Waals surface area contributed by atoms with Crippen molar-refractivity contribution >= 4 is 35.7 Å². The van der Waals surface area contributed by atoms with Gasteiger partial charge in [-0.15, -0.1) is 0 Å². The molecular weight excluding hydrogens is 801 g/mol. The van der Waals surface area contributed by atoms with Crippen LogP contribution in [0.3, 0.4) is 0 Å². The Morgan fingerprint density at radius 1 is 0.571 bits per heavy atom. The molecule has 2 heterocycles. The molecule has 7 rings (SSSR count). The quantitative estimate of drug-likeness (QED) is 0.110. The van der Waals surface area contributed by atoms with Crippen LogP contribution in [0, 0.1) is 17.3 Å². The third-order valence-corrected chi connectivity index (χ3v) is 12.7. The lowest BCUT2D eigenvalue weighted by atomic mass is 9.82. The summed E-state index contributed by atoms with van der Waals surface area (Å²) < 4.78 is 22.0. The molecule has 63 heavy (non-hydrogen) atoms. The van der Waals surface area contributed by atoms with E-state index in [9.17, 15) is 28.8 Å². The van der Waals surface area contributed by atoms with Crippen molar-refractivity contribution in [3.05, 3.63) is 82.9 Å². The maximum atomic E-state index is 13.3. The molecule has 0 radical (unpaired) electrons. The third kappa shape index (κ3) is 10.5. The summed E-state index contributed by atoms with van der Waals surface area (Å²) in [6, 6.07) is 17.6. The number of ketones is 2. The molecule has 2 saturated heterocycles. The molecule has 0 aromatic heterocycles. The number of rotatable bonds is 10. The van der Waals surface area contributed by atoms with Crippen LogP contribution in [-0.4, -0.2) is 95.1 Å². The van der Waals surface area contributed by atoms with Gasteiger partial charge in [-0.2, -0.15) is 0 Å². The number of likely N-dealkylation sites (tertiary alicyclic amines) is 2. The van der Waals surface area contributed by atoms with Gasteiger partial charge in [-0.25, -0.2) is 19.2 Å². The average Bonchev–Trinajstić information content (AvgIpc) is 4.03. The predicted molar refractivity (Wildman–Crippen MR) is 237 cm³/mol. The Bertz CT molecular complexity index is 2090. The highest BCUT2D eigenvalue weighted by molar-refractivity contribution is 6.00. The summed E-state index contributed by atoms with van der Waals surface area (Å²) in [5.41, 5.74) is 6.48. The van der Waals surface area contributed by atoms with E-state index in [1.54, 1.807) is 65.8 Å². The molecule has 3 fully saturated rings. The van der Waals surface area contributed by atoms with E-state index in [4.69, 9.17) is 18.9 Å². The fourth-order valence-corrected chi connectivity index (χ4v) is 9.82. The standard InChI is InChI=1S/C51H62N2O10/c1-31-23-41(52(27-31)47(58)62-49(3,4)5)45(56)60-29-43(54)35-15-11-33(12-16-35)37-19-20-38(40-26-51(25-39(37)40)21-9-10-22-51)34-13-17-36(18-14-34)44(55)30-61-46(57)42-24-32(2)28-53(42)48(59)63-50(6,7)8/h11-20,31-32,41-42H,9-10,21-30H2,1-8H3/t31-,32-,41-,42?/m0/s1. The third-order valence-electron chi connectivity index (χ3n) is 12.7. The van der Waals surface area contributed by atoms with Crippen LogP contribution < -0.4 is 0 Å². The molecule has 2 aliphatic carbocycles. The topological polar surface area (TPSA) is 146 Å². The largest absolute Gasteiger partial charge is 0.456 e. The van der Waals surface area contributed by atoms with Gasteiger partial charge in [-0.3, -0.25) is 19.4 Å². The molecule has 0 N–H and O–H groups in total. The highest BCUT2D eigenvalue weighted by atomic mass is 16.6. The van der Waals surface area contributed by atoms with Gasteiger partial charge in [0.15, 0.2) is 24.8 Å². The molecule has 1 unspecified atom stereocenters. The molecule has 1 spiro atoms. The van der Waals surface area contributed by atoms with Crippen LogP contribution in [0.5, 0.6) is 0 Å². The molecule has 1 saturated carbocycles. The van der Waals surface area contributed by atoms with Gasteiger partial charge in [0, 0.05) is 24.2 Å². The van der Waals surface area contributed by atoms with E-state index >= 15 is 0 Å². The summed E-state index contributed by atoms with van der Waals surface area (Å²) in [7, 11) is 0. The Morgan fingerprint density at radius 2 is 0.937 bits per heavy atom. The van der Waals surface area contributed by atoms with Gasteiger partial charge >= 0.3 is 24.1 Å². The first kappa shape index (κ1) is 45.5. The Hall–Kier alpha value is -5.52. The lowest BCUT2D eigenvalue weighted by Gasteiger charge is -2.27. The van der Waals surface area contributed by atoms with Crippen molar-refractivity contribution in [2.24, 2.45) is 17.3 Å². The summed E-state index contributed by atoms with van der Waals surface area (Å²) in [6.07, 6.45) is 6.43. The minimum absolute atomic E-state index is 0.0902. The van der Waals surface area contributed by atoms with Crippen LogP contribution in [-0.2, 0) is 41.4 Å². The summed E-state index contributed by atoms with van der Waals surface area (Å²) in [5.74, 6) is -1.71. The van der Waals surface area contributed by atoms with Crippen LogP contribution in [0.2, 0.25) is 0 Å². The van der Waals surface area contributed by atoms with Gasteiger partial charge in [-0.05, 0) is 131 Å². The normalized spacial score (nSPS) is 21.6. The fourth-order valence-electron chi connectivity index (χ4n) is 9.82. The van der Waals surface area contributed by atoms with E-state index in [0.29, 0.717) is 37.1 Å². The number of carbonyl (C=O) groups is 6. The van der Waals surface area contributed by atoms with Crippen LogP contribution in [0.25, 0.3) is 22.3 Å². The van der Waals surface area contributed by atoms with Crippen molar-refractivity contribution in [3.63, 3.8) is 0 Å². The summed E-state index contributed by atoms with van der Waals surface area (Å²) >= 11 is 0. The van der Waals surface area contributed by atoms with Crippen molar-refractivity contribution in [2.75, 3.05) is 26.3 Å². The number of amides is 2. The van der Waals surface area contributed by atoms with Crippen LogP contribution >= 0.6 is 0 Å². The highest BCUT2D eigenvalue weighted by Crippen LogP contribution is 2.53. The Labute approximate surface area is 371 Å². The van der Waals surface area contributed by atoms with E-state index < -0.39 is 60.6 Å². The fraction of sp³-hybridized carbons (Fsp3) is 0.529. The van der Waals surface area contributed by atoms with Crippen molar-refractivity contribution in [1.29, 1.82) is 0 Å². The monoisotopic (exact) mass is 862 g/mol. The number of benzene rings is 3. The Morgan fingerprint density at radius 3 is 1.29 bits per heavy atom. The summed E-state index contributed by atoms with van der Waals surface area (Å²) in [4.78, 5) is 81.2. The van der Waals surface area contributed by atoms with Crippen molar-refractivity contribution in [3.8, 4) is 22.3 Å². The maximum Gasteiger partial charge on any atom is 0.411 e. The predicted octanol–water partition coefficient (Wildman–Crippen LogP) is 9.42. The first-order valence-corrected chi connectivity index (χ1v) is 22.4. The molecule has 4 aliphatic rings. The summed E-state index contributed by atoms with van der Waals surface area (Å²) in [6.45, 7) is 14.5. The number of carbonyl (C=O) groups excluding carboxylic acids is 6. The van der Waals surface area contributed by atoms with E-state index in [1.807, 2.05) is 38.1 Å².